The minimum Gasteiger partial charge on any atom is -0.493 e. The molecule has 0 atom stereocenters. The molecule has 4 aromatic rings. The number of carbonyl (C=O) groups is 2. The number of aliphatic carboxylic acids is 1. The van der Waals surface area contributed by atoms with Crippen LogP contribution in [0.4, 0.5) is 42.0 Å². The number of nitrogens with zero attached hydrogens (tertiary/aromatic N) is 3. The number of thioether (sulfide) groups is 1. The number of hydrogen-bond acceptors (Lipinski definition) is 10. The molecule has 2 aromatic carbocycles. The number of alkyl halides is 3. The third kappa shape index (κ3) is 8.00. The third-order valence-electron chi connectivity index (χ3n) is 4.79. The molecule has 1 aliphatic rings. The lowest BCUT2D eigenvalue weighted by atomic mass is 10.2. The normalized spacial score (nSPS) is 12.6. The fraction of sp³-hybridized carbons (Fsp3) is 0.125. The summed E-state index contributed by atoms with van der Waals surface area (Å²) < 4.78 is 42.6. The summed E-state index contributed by atoms with van der Waals surface area (Å²) in [7, 11) is 0. The van der Waals surface area contributed by atoms with Gasteiger partial charge in [0, 0.05) is 45.9 Å². The van der Waals surface area contributed by atoms with Gasteiger partial charge < -0.3 is 30.3 Å². The van der Waals surface area contributed by atoms with Gasteiger partial charge in [0.2, 0.25) is 11.7 Å². The molecule has 40 heavy (non-hydrogen) atoms. The molecule has 11 nitrogen and oxygen atoms in total. The van der Waals surface area contributed by atoms with E-state index in [4.69, 9.17) is 30.8 Å². The quantitative estimate of drug-likeness (QED) is 0.217. The SMILES string of the molecule is O=C(Nc1cc2cc(c1)OCCSc1cccc(c1)Nc1nc(ncc1Cl)N2)c1ccno1.O=C(O)C(F)(F)F. The van der Waals surface area contributed by atoms with Crippen LogP contribution in [-0.4, -0.2) is 50.6 Å². The van der Waals surface area contributed by atoms with Crippen LogP contribution in [0, 0.1) is 0 Å². The summed E-state index contributed by atoms with van der Waals surface area (Å²) in [5.41, 5.74) is 1.99. The van der Waals surface area contributed by atoms with Gasteiger partial charge in [-0.05, 0) is 24.3 Å². The second-order valence-corrected chi connectivity index (χ2v) is 9.32. The van der Waals surface area contributed by atoms with Crippen LogP contribution in [0.2, 0.25) is 5.02 Å². The van der Waals surface area contributed by atoms with Crippen molar-refractivity contribution in [2.45, 2.75) is 11.1 Å². The summed E-state index contributed by atoms with van der Waals surface area (Å²) in [5.74, 6) is -0.981. The van der Waals surface area contributed by atoms with Crippen molar-refractivity contribution in [2.75, 3.05) is 28.3 Å². The van der Waals surface area contributed by atoms with Gasteiger partial charge in [0.25, 0.3) is 5.91 Å². The van der Waals surface area contributed by atoms with E-state index in [0.717, 1.165) is 16.3 Å². The molecular weight excluding hydrogens is 577 g/mol. The first-order valence-electron chi connectivity index (χ1n) is 11.2. The van der Waals surface area contributed by atoms with Crippen LogP contribution < -0.4 is 20.7 Å². The highest BCUT2D eigenvalue weighted by atomic mass is 35.5. The molecule has 1 aliphatic heterocycles. The minimum absolute atomic E-state index is 0.101. The molecule has 6 bridgehead atoms. The maximum Gasteiger partial charge on any atom is 0.490 e. The molecule has 0 spiro atoms. The van der Waals surface area contributed by atoms with Crippen LogP contribution in [-0.2, 0) is 4.79 Å². The number of carboxylic acids is 1. The van der Waals surface area contributed by atoms with E-state index in [9.17, 15) is 18.0 Å². The smallest absolute Gasteiger partial charge is 0.490 e. The number of fused-ring (bicyclic) bond motifs is 6. The van der Waals surface area contributed by atoms with Gasteiger partial charge in [0.1, 0.15) is 10.8 Å². The van der Waals surface area contributed by atoms with Crippen molar-refractivity contribution in [3.63, 3.8) is 0 Å². The Morgan fingerprint density at radius 3 is 2.62 bits per heavy atom. The third-order valence-corrected chi connectivity index (χ3v) is 6.02. The zero-order valence-corrected chi connectivity index (χ0v) is 21.6. The minimum atomic E-state index is -5.08. The number of carbonyl (C=O) groups excluding carboxylic acids is 1. The van der Waals surface area contributed by atoms with E-state index in [1.165, 1.54) is 18.5 Å². The largest absolute Gasteiger partial charge is 0.493 e. The first-order valence-corrected chi connectivity index (χ1v) is 12.5. The maximum absolute atomic E-state index is 12.4. The van der Waals surface area contributed by atoms with Crippen LogP contribution in [0.1, 0.15) is 10.6 Å². The van der Waals surface area contributed by atoms with Gasteiger partial charge in [0.15, 0.2) is 5.82 Å². The zero-order chi connectivity index (χ0) is 28.7. The zero-order valence-electron chi connectivity index (χ0n) is 20.0. The number of rotatable bonds is 2. The predicted octanol–water partition coefficient (Wildman–Crippen LogP) is 5.98. The number of nitrogens with one attached hydrogen (secondary N) is 3. The van der Waals surface area contributed by atoms with E-state index in [0.29, 0.717) is 40.5 Å². The Kier molecular flexibility index (Phi) is 8.96. The Balaban J connectivity index is 0.000000470. The van der Waals surface area contributed by atoms with Crippen LogP contribution in [0.3, 0.4) is 0 Å². The predicted molar refractivity (Wildman–Crippen MR) is 141 cm³/mol. The van der Waals surface area contributed by atoms with Gasteiger partial charge in [-0.25, -0.2) is 9.78 Å². The first kappa shape index (κ1) is 28.5. The molecule has 5 rings (SSSR count). The molecule has 0 aliphatic carbocycles. The van der Waals surface area contributed by atoms with Gasteiger partial charge in [-0.3, -0.25) is 4.79 Å². The summed E-state index contributed by atoms with van der Waals surface area (Å²) in [5, 5.41) is 20.2. The molecule has 208 valence electrons. The molecule has 16 heteroatoms. The Bertz CT molecular complexity index is 1510. The Labute approximate surface area is 233 Å². The van der Waals surface area contributed by atoms with E-state index in [2.05, 4.69) is 31.1 Å². The van der Waals surface area contributed by atoms with Gasteiger partial charge in [-0.1, -0.05) is 22.8 Å². The van der Waals surface area contributed by atoms with Gasteiger partial charge in [-0.2, -0.15) is 18.2 Å². The Hall–Kier alpha value is -4.50. The van der Waals surface area contributed by atoms with E-state index < -0.39 is 18.1 Å². The van der Waals surface area contributed by atoms with E-state index >= 15 is 0 Å². The van der Waals surface area contributed by atoms with Crippen LogP contribution in [0.25, 0.3) is 0 Å². The summed E-state index contributed by atoms with van der Waals surface area (Å²) in [6.07, 6.45) is -2.16. The molecule has 2 aromatic heterocycles. The van der Waals surface area contributed by atoms with Crippen molar-refractivity contribution in [3.05, 3.63) is 71.7 Å². The average Bonchev–Trinajstić information content (AvgIpc) is 3.44. The highest BCUT2D eigenvalue weighted by molar-refractivity contribution is 7.99. The number of amides is 1. The molecule has 0 saturated carbocycles. The fourth-order valence-corrected chi connectivity index (χ4v) is 4.04. The molecule has 4 N–H and O–H groups in total. The fourth-order valence-electron chi connectivity index (χ4n) is 3.12. The summed E-state index contributed by atoms with van der Waals surface area (Å²) in [6.45, 7) is 0.470. The second kappa shape index (κ2) is 12.6. The highest BCUT2D eigenvalue weighted by Crippen LogP contribution is 2.31. The van der Waals surface area contributed by atoms with Crippen molar-refractivity contribution >= 4 is 64.1 Å². The average molecular weight is 595 g/mol. The van der Waals surface area contributed by atoms with Crippen LogP contribution in [0.15, 0.2) is 70.3 Å². The van der Waals surface area contributed by atoms with E-state index in [1.54, 1.807) is 30.0 Å². The molecule has 3 heterocycles. The van der Waals surface area contributed by atoms with Crippen molar-refractivity contribution < 1.29 is 37.1 Å². The molecule has 0 unspecified atom stereocenters. The van der Waals surface area contributed by atoms with Crippen molar-refractivity contribution in [3.8, 4) is 5.75 Å². The highest BCUT2D eigenvalue weighted by Gasteiger charge is 2.38. The van der Waals surface area contributed by atoms with Gasteiger partial charge in [-0.15, -0.1) is 11.8 Å². The van der Waals surface area contributed by atoms with Gasteiger partial charge >= 0.3 is 12.1 Å². The molecule has 0 saturated heterocycles. The molecular formula is C24H18ClF3N6O5S. The monoisotopic (exact) mass is 594 g/mol. The van der Waals surface area contributed by atoms with Crippen LogP contribution in [0.5, 0.6) is 5.75 Å². The number of carboxylic acid groups (broad SMARTS) is 1. The van der Waals surface area contributed by atoms with Crippen molar-refractivity contribution in [2.24, 2.45) is 0 Å². The standard InChI is InChI=1S/C22H17ClN6O3S.C2HF3O2/c23-18-12-24-22-28-15-8-14(27-21(30)19-4-5-25-32-19)9-16(10-15)31-6-7-33-17-3-1-2-13(11-17)26-20(18)29-22;3-2(4,5)1(6)7/h1-5,8-12H,6-7H2,(H,27,30)(H2,24,26,28,29);(H,6,7). The number of aromatic nitrogens is 3. The summed E-state index contributed by atoms with van der Waals surface area (Å²) in [6, 6.07) is 14.7. The van der Waals surface area contributed by atoms with Crippen molar-refractivity contribution in [1.29, 1.82) is 0 Å². The Morgan fingerprint density at radius 2 is 1.90 bits per heavy atom. The Morgan fingerprint density at radius 1 is 1.10 bits per heavy atom. The molecule has 0 radical (unpaired) electrons. The number of anilines is 5. The number of halogens is 4. The van der Waals surface area contributed by atoms with Gasteiger partial charge in [0.05, 0.1) is 19.0 Å². The lowest BCUT2D eigenvalue weighted by Crippen LogP contribution is -2.21. The second-order valence-electron chi connectivity index (χ2n) is 7.74. The van der Waals surface area contributed by atoms with Crippen molar-refractivity contribution in [1.82, 2.24) is 15.1 Å². The first-order chi connectivity index (χ1) is 19.1. The maximum atomic E-state index is 12.4. The lowest BCUT2D eigenvalue weighted by molar-refractivity contribution is -0.192. The molecule has 0 fully saturated rings. The lowest BCUT2D eigenvalue weighted by Gasteiger charge is -2.13. The van der Waals surface area contributed by atoms with E-state index in [-0.39, 0.29) is 5.76 Å². The topological polar surface area (TPSA) is 152 Å². The number of hydrogen-bond donors (Lipinski definition) is 4. The van der Waals surface area contributed by atoms with Crippen LogP contribution >= 0.6 is 23.4 Å². The number of ether oxygens (including phenoxy) is 1. The number of benzene rings is 2. The van der Waals surface area contributed by atoms with E-state index in [1.807, 2.05) is 24.3 Å². The summed E-state index contributed by atoms with van der Waals surface area (Å²) >= 11 is 7.98. The molecule has 1 amide bonds. The summed E-state index contributed by atoms with van der Waals surface area (Å²) in [4.78, 5) is 31.1.